The Hall–Kier alpha value is -2.11. The van der Waals surface area contributed by atoms with Crippen LogP contribution in [0.1, 0.15) is 31.3 Å². The van der Waals surface area contributed by atoms with Gasteiger partial charge >= 0.3 is 0 Å². The summed E-state index contributed by atoms with van der Waals surface area (Å²) >= 11 is 0. The third kappa shape index (κ3) is 2.33. The molecule has 1 aliphatic rings. The molecule has 1 atom stereocenters. The standard InChI is InChI=1S/C14H19N5O/c1-11(18-7-5-15-12(18)2)8-14(20)17-9-13(10-17)19-6-3-4-16-19/h3-7,11,13H,8-10H2,1-2H3. The molecule has 1 saturated heterocycles. The Labute approximate surface area is 118 Å². The van der Waals surface area contributed by atoms with Gasteiger partial charge in [-0.25, -0.2) is 4.98 Å². The third-order valence-electron chi connectivity index (χ3n) is 3.92. The molecule has 6 heteroatoms. The molecule has 0 spiro atoms. The zero-order valence-corrected chi connectivity index (χ0v) is 11.8. The number of amides is 1. The van der Waals surface area contributed by atoms with E-state index < -0.39 is 0 Å². The van der Waals surface area contributed by atoms with Crippen LogP contribution < -0.4 is 0 Å². The number of carbonyl (C=O) groups is 1. The maximum Gasteiger partial charge on any atom is 0.224 e. The van der Waals surface area contributed by atoms with Crippen LogP contribution in [0.4, 0.5) is 0 Å². The first-order valence-electron chi connectivity index (χ1n) is 6.91. The van der Waals surface area contributed by atoms with Crippen LogP contribution in [-0.4, -0.2) is 43.2 Å². The van der Waals surface area contributed by atoms with E-state index in [0.717, 1.165) is 18.9 Å². The SMILES string of the molecule is Cc1nccn1C(C)CC(=O)N1CC(n2cccn2)C1. The highest BCUT2D eigenvalue weighted by Crippen LogP contribution is 2.23. The molecule has 0 aliphatic carbocycles. The zero-order valence-electron chi connectivity index (χ0n) is 11.8. The second-order valence-corrected chi connectivity index (χ2v) is 5.37. The van der Waals surface area contributed by atoms with E-state index in [9.17, 15) is 4.79 Å². The van der Waals surface area contributed by atoms with Crippen LogP contribution in [0.2, 0.25) is 0 Å². The first-order valence-corrected chi connectivity index (χ1v) is 6.91. The van der Waals surface area contributed by atoms with E-state index in [4.69, 9.17) is 0 Å². The molecule has 1 unspecified atom stereocenters. The minimum Gasteiger partial charge on any atom is -0.338 e. The van der Waals surface area contributed by atoms with Crippen LogP contribution >= 0.6 is 0 Å². The van der Waals surface area contributed by atoms with Gasteiger partial charge in [-0.15, -0.1) is 0 Å². The summed E-state index contributed by atoms with van der Waals surface area (Å²) < 4.78 is 3.97. The number of aryl methyl sites for hydroxylation is 1. The first-order chi connectivity index (χ1) is 9.65. The summed E-state index contributed by atoms with van der Waals surface area (Å²) in [4.78, 5) is 18.3. The van der Waals surface area contributed by atoms with E-state index in [0.29, 0.717) is 12.5 Å². The van der Waals surface area contributed by atoms with Crippen molar-refractivity contribution >= 4 is 5.91 Å². The number of aromatic nitrogens is 4. The summed E-state index contributed by atoms with van der Waals surface area (Å²) in [5.74, 6) is 1.15. The molecule has 2 aromatic rings. The lowest BCUT2D eigenvalue weighted by Crippen LogP contribution is -2.51. The summed E-state index contributed by atoms with van der Waals surface area (Å²) in [6.45, 7) is 5.53. The molecule has 106 valence electrons. The van der Waals surface area contributed by atoms with Gasteiger partial charge in [-0.3, -0.25) is 9.48 Å². The molecule has 0 N–H and O–H groups in total. The number of hydrogen-bond donors (Lipinski definition) is 0. The van der Waals surface area contributed by atoms with Gasteiger partial charge in [0.05, 0.1) is 6.04 Å². The predicted octanol–water partition coefficient (Wildman–Crippen LogP) is 1.42. The molecule has 2 aromatic heterocycles. The van der Waals surface area contributed by atoms with Crippen molar-refractivity contribution in [2.45, 2.75) is 32.4 Å². The van der Waals surface area contributed by atoms with Crippen molar-refractivity contribution in [3.05, 3.63) is 36.7 Å². The minimum absolute atomic E-state index is 0.147. The molecule has 6 nitrogen and oxygen atoms in total. The van der Waals surface area contributed by atoms with Gasteiger partial charge in [0.15, 0.2) is 0 Å². The van der Waals surface area contributed by atoms with Gasteiger partial charge in [0, 0.05) is 50.3 Å². The number of rotatable bonds is 4. The summed E-state index contributed by atoms with van der Waals surface area (Å²) in [5.41, 5.74) is 0. The highest BCUT2D eigenvalue weighted by molar-refractivity contribution is 5.77. The van der Waals surface area contributed by atoms with E-state index in [1.165, 1.54) is 0 Å². The number of hydrogen-bond acceptors (Lipinski definition) is 3. The average Bonchev–Trinajstić information content (AvgIpc) is 2.98. The molecule has 1 aliphatic heterocycles. The normalized spacial score (nSPS) is 17.0. The van der Waals surface area contributed by atoms with Gasteiger partial charge in [0.2, 0.25) is 5.91 Å². The fraction of sp³-hybridized carbons (Fsp3) is 0.500. The van der Waals surface area contributed by atoms with E-state index >= 15 is 0 Å². The van der Waals surface area contributed by atoms with Crippen molar-refractivity contribution in [3.63, 3.8) is 0 Å². The highest BCUT2D eigenvalue weighted by Gasteiger charge is 2.32. The highest BCUT2D eigenvalue weighted by atomic mass is 16.2. The smallest absolute Gasteiger partial charge is 0.224 e. The Morgan fingerprint density at radius 1 is 1.40 bits per heavy atom. The molecule has 1 fully saturated rings. The van der Waals surface area contributed by atoms with Crippen LogP contribution in [0.15, 0.2) is 30.9 Å². The monoisotopic (exact) mass is 273 g/mol. The van der Waals surface area contributed by atoms with Gasteiger partial charge < -0.3 is 9.47 Å². The maximum atomic E-state index is 12.2. The number of nitrogens with zero attached hydrogens (tertiary/aromatic N) is 5. The largest absolute Gasteiger partial charge is 0.338 e. The summed E-state index contributed by atoms with van der Waals surface area (Å²) in [7, 11) is 0. The van der Waals surface area contributed by atoms with Gasteiger partial charge in [0.1, 0.15) is 5.82 Å². The number of carbonyl (C=O) groups excluding carboxylic acids is 1. The van der Waals surface area contributed by atoms with Gasteiger partial charge in [-0.1, -0.05) is 0 Å². The molecular formula is C14H19N5O. The molecule has 0 radical (unpaired) electrons. The van der Waals surface area contributed by atoms with Crippen LogP contribution in [0.5, 0.6) is 0 Å². The Balaban J connectivity index is 1.53. The van der Waals surface area contributed by atoms with E-state index in [1.807, 2.05) is 39.5 Å². The average molecular weight is 273 g/mol. The molecule has 0 bridgehead atoms. The lowest BCUT2D eigenvalue weighted by atomic mass is 10.1. The van der Waals surface area contributed by atoms with Gasteiger partial charge in [-0.2, -0.15) is 5.10 Å². The fourth-order valence-corrected chi connectivity index (χ4v) is 2.66. The van der Waals surface area contributed by atoms with Crippen LogP contribution in [-0.2, 0) is 4.79 Å². The quantitative estimate of drug-likeness (QED) is 0.846. The maximum absolute atomic E-state index is 12.2. The molecule has 3 heterocycles. The molecule has 3 rings (SSSR count). The molecule has 20 heavy (non-hydrogen) atoms. The Kier molecular flexibility index (Phi) is 3.30. The topological polar surface area (TPSA) is 56.0 Å². The zero-order chi connectivity index (χ0) is 14.1. The molecule has 0 saturated carbocycles. The minimum atomic E-state index is 0.147. The lowest BCUT2D eigenvalue weighted by Gasteiger charge is -2.39. The van der Waals surface area contributed by atoms with Crippen molar-refractivity contribution in [2.75, 3.05) is 13.1 Å². The Morgan fingerprint density at radius 3 is 2.80 bits per heavy atom. The first kappa shape index (κ1) is 12.9. The van der Waals surface area contributed by atoms with Crippen molar-refractivity contribution in [3.8, 4) is 0 Å². The lowest BCUT2D eigenvalue weighted by molar-refractivity contribution is -0.137. The van der Waals surface area contributed by atoms with Crippen molar-refractivity contribution < 1.29 is 4.79 Å². The third-order valence-corrected chi connectivity index (χ3v) is 3.92. The van der Waals surface area contributed by atoms with Gasteiger partial charge in [0.25, 0.3) is 0 Å². The summed E-state index contributed by atoms with van der Waals surface area (Å²) in [6, 6.07) is 2.39. The fourth-order valence-electron chi connectivity index (χ4n) is 2.66. The van der Waals surface area contributed by atoms with Crippen molar-refractivity contribution in [1.29, 1.82) is 0 Å². The second kappa shape index (κ2) is 5.11. The second-order valence-electron chi connectivity index (χ2n) is 5.37. The molecule has 0 aromatic carbocycles. The van der Waals surface area contributed by atoms with E-state index in [1.54, 1.807) is 12.4 Å². The molecule has 1 amide bonds. The van der Waals surface area contributed by atoms with E-state index in [-0.39, 0.29) is 11.9 Å². The summed E-state index contributed by atoms with van der Waals surface area (Å²) in [6.07, 6.45) is 7.94. The van der Waals surface area contributed by atoms with Crippen LogP contribution in [0.25, 0.3) is 0 Å². The van der Waals surface area contributed by atoms with Crippen LogP contribution in [0, 0.1) is 6.92 Å². The Morgan fingerprint density at radius 2 is 2.20 bits per heavy atom. The predicted molar refractivity (Wildman–Crippen MR) is 74.1 cm³/mol. The van der Waals surface area contributed by atoms with E-state index in [2.05, 4.69) is 17.0 Å². The number of imidazole rings is 1. The van der Waals surface area contributed by atoms with Crippen molar-refractivity contribution in [2.24, 2.45) is 0 Å². The molecular weight excluding hydrogens is 254 g/mol. The Bertz CT molecular complexity index is 582. The number of likely N-dealkylation sites (tertiary alicyclic amines) is 1. The van der Waals surface area contributed by atoms with Crippen LogP contribution in [0.3, 0.4) is 0 Å². The van der Waals surface area contributed by atoms with Crippen molar-refractivity contribution in [1.82, 2.24) is 24.2 Å². The summed E-state index contributed by atoms with van der Waals surface area (Å²) in [5, 5.41) is 4.21. The van der Waals surface area contributed by atoms with Gasteiger partial charge in [-0.05, 0) is 19.9 Å².